The first-order valence-corrected chi connectivity index (χ1v) is 6.12. The van der Waals surface area contributed by atoms with Crippen molar-refractivity contribution in [2.24, 2.45) is 0 Å². The zero-order valence-corrected chi connectivity index (χ0v) is 12.1. The number of hydrogen-bond donors (Lipinski definition) is 1. The van der Waals surface area contributed by atoms with Gasteiger partial charge in [0.1, 0.15) is 0 Å². The molecule has 0 spiro atoms. The summed E-state index contributed by atoms with van der Waals surface area (Å²) >= 11 is 0. The Labute approximate surface area is 111 Å². The topological polar surface area (TPSA) is 4.44 Å². The van der Waals surface area contributed by atoms with Crippen molar-refractivity contribution in [3.8, 4) is 0 Å². The van der Waals surface area contributed by atoms with Crippen LogP contribution < -0.4 is 21.9 Å². The van der Waals surface area contributed by atoms with E-state index < -0.39 is 0 Å². The van der Waals surface area contributed by atoms with E-state index in [1.54, 1.807) is 4.90 Å². The van der Waals surface area contributed by atoms with Crippen LogP contribution in [0.25, 0.3) is 0 Å². The van der Waals surface area contributed by atoms with Crippen LogP contribution in [-0.2, 0) is 6.42 Å². The normalized spacial score (nSPS) is 10.2. The third-order valence-corrected chi connectivity index (χ3v) is 2.74. The molecule has 92 valence electrons. The smallest absolute Gasteiger partial charge is 0.0766 e. The van der Waals surface area contributed by atoms with Gasteiger partial charge in [-0.3, -0.25) is 0 Å². The number of nitrogens with one attached hydrogen (secondary N) is 1. The molecule has 16 heavy (non-hydrogen) atoms. The molecule has 0 saturated heterocycles. The van der Waals surface area contributed by atoms with Crippen molar-refractivity contribution in [2.45, 2.75) is 32.1 Å². The monoisotopic (exact) mass is 285 g/mol. The standard InChI is InChI=1S/C14H23N.BrH/c1-15(2)13-9-4-3-6-10-14-11-7-5-8-12-14;/h5,7-8,11-12H,3-4,6,9-10,13H2,1-2H3;1H. The first-order valence-electron chi connectivity index (χ1n) is 6.12. The quantitative estimate of drug-likeness (QED) is 0.610. The minimum atomic E-state index is 0. The summed E-state index contributed by atoms with van der Waals surface area (Å²) < 4.78 is 0. The maximum absolute atomic E-state index is 2.23. The van der Waals surface area contributed by atoms with Gasteiger partial charge in [-0.1, -0.05) is 36.8 Å². The van der Waals surface area contributed by atoms with E-state index >= 15 is 0 Å². The Morgan fingerprint density at radius 1 is 0.875 bits per heavy atom. The van der Waals surface area contributed by atoms with Crippen molar-refractivity contribution in [3.63, 3.8) is 0 Å². The Hall–Kier alpha value is -0.340. The van der Waals surface area contributed by atoms with E-state index in [4.69, 9.17) is 0 Å². The van der Waals surface area contributed by atoms with Crippen LogP contribution in [0.15, 0.2) is 30.3 Å². The van der Waals surface area contributed by atoms with Crippen LogP contribution in [0.1, 0.15) is 31.2 Å². The van der Waals surface area contributed by atoms with Crippen LogP contribution >= 0.6 is 0 Å². The first kappa shape index (κ1) is 15.7. The lowest BCUT2D eigenvalue weighted by atomic mass is 10.1. The van der Waals surface area contributed by atoms with E-state index in [9.17, 15) is 0 Å². The lowest BCUT2D eigenvalue weighted by molar-refractivity contribution is -0.858. The Kier molecular flexibility index (Phi) is 9.65. The van der Waals surface area contributed by atoms with E-state index in [1.807, 2.05) is 0 Å². The number of unbranched alkanes of at least 4 members (excludes halogenated alkanes) is 3. The average Bonchev–Trinajstić information content (AvgIpc) is 2.24. The fourth-order valence-corrected chi connectivity index (χ4v) is 1.81. The molecule has 0 aliphatic rings. The zero-order valence-electron chi connectivity index (χ0n) is 10.5. The van der Waals surface area contributed by atoms with Gasteiger partial charge in [0.05, 0.1) is 20.6 Å². The molecule has 0 unspecified atom stereocenters. The number of benzene rings is 1. The molecule has 1 aromatic carbocycles. The molecule has 0 heterocycles. The average molecular weight is 286 g/mol. The van der Waals surface area contributed by atoms with E-state index in [1.165, 1.54) is 44.2 Å². The summed E-state index contributed by atoms with van der Waals surface area (Å²) in [6, 6.07) is 10.8. The molecule has 2 heteroatoms. The van der Waals surface area contributed by atoms with Gasteiger partial charge in [-0.05, 0) is 31.2 Å². The van der Waals surface area contributed by atoms with E-state index in [-0.39, 0.29) is 17.0 Å². The molecule has 0 saturated carbocycles. The first-order chi connectivity index (χ1) is 7.29. The highest BCUT2D eigenvalue weighted by atomic mass is 79.9. The molecule has 0 atom stereocenters. The van der Waals surface area contributed by atoms with Crippen molar-refractivity contribution in [1.82, 2.24) is 0 Å². The van der Waals surface area contributed by atoms with Gasteiger partial charge in [-0.2, -0.15) is 0 Å². The maximum atomic E-state index is 2.23. The van der Waals surface area contributed by atoms with Gasteiger partial charge in [-0.25, -0.2) is 0 Å². The predicted octanol–water partition coefficient (Wildman–Crippen LogP) is -1.06. The fraction of sp³-hybridized carbons (Fsp3) is 0.571. The molecule has 0 amide bonds. The summed E-state index contributed by atoms with van der Waals surface area (Å²) in [7, 11) is 4.45. The third-order valence-electron chi connectivity index (χ3n) is 2.74. The Balaban J connectivity index is 0.00000225. The summed E-state index contributed by atoms with van der Waals surface area (Å²) in [5.74, 6) is 0. The van der Waals surface area contributed by atoms with Gasteiger partial charge < -0.3 is 21.9 Å². The van der Waals surface area contributed by atoms with Gasteiger partial charge in [0, 0.05) is 0 Å². The van der Waals surface area contributed by atoms with Crippen molar-refractivity contribution in [1.29, 1.82) is 0 Å². The summed E-state index contributed by atoms with van der Waals surface area (Å²) in [5.41, 5.74) is 1.48. The fourth-order valence-electron chi connectivity index (χ4n) is 1.81. The van der Waals surface area contributed by atoms with E-state index in [0.29, 0.717) is 0 Å². The Morgan fingerprint density at radius 2 is 1.50 bits per heavy atom. The second kappa shape index (κ2) is 9.86. The van der Waals surface area contributed by atoms with Gasteiger partial charge in [-0.15, -0.1) is 0 Å². The van der Waals surface area contributed by atoms with Crippen molar-refractivity contribution in [2.75, 3.05) is 20.6 Å². The molecular weight excluding hydrogens is 262 g/mol. The molecule has 1 rings (SSSR count). The second-order valence-electron chi connectivity index (χ2n) is 4.61. The van der Waals surface area contributed by atoms with Gasteiger partial charge in [0.2, 0.25) is 0 Å². The van der Waals surface area contributed by atoms with Crippen molar-refractivity contribution >= 4 is 0 Å². The largest absolute Gasteiger partial charge is 1.00 e. The molecule has 0 radical (unpaired) electrons. The highest BCUT2D eigenvalue weighted by molar-refractivity contribution is 5.14. The molecule has 0 aliphatic heterocycles. The van der Waals surface area contributed by atoms with Crippen LogP contribution in [0.4, 0.5) is 0 Å². The van der Waals surface area contributed by atoms with Crippen molar-refractivity contribution in [3.05, 3.63) is 35.9 Å². The van der Waals surface area contributed by atoms with Crippen molar-refractivity contribution < 1.29 is 21.9 Å². The molecule has 1 aromatic rings. The molecular formula is C14H24BrN. The lowest BCUT2D eigenvalue weighted by Crippen LogP contribution is -3.05. The minimum absolute atomic E-state index is 0. The summed E-state index contributed by atoms with van der Waals surface area (Å²) in [5, 5.41) is 0. The number of rotatable bonds is 7. The number of halogens is 1. The maximum Gasteiger partial charge on any atom is 0.0766 e. The number of hydrogen-bond acceptors (Lipinski definition) is 0. The second-order valence-corrected chi connectivity index (χ2v) is 4.61. The van der Waals surface area contributed by atoms with Crippen LogP contribution in [0.3, 0.4) is 0 Å². The van der Waals surface area contributed by atoms with E-state index in [0.717, 1.165) is 0 Å². The van der Waals surface area contributed by atoms with Crippen LogP contribution in [0.5, 0.6) is 0 Å². The molecule has 0 bridgehead atoms. The van der Waals surface area contributed by atoms with Crippen LogP contribution in [0, 0.1) is 0 Å². The SMILES string of the molecule is C[NH+](C)CCCCCCc1ccccc1.[Br-]. The minimum Gasteiger partial charge on any atom is -1.00 e. The molecule has 1 nitrogen and oxygen atoms in total. The molecule has 1 N–H and O–H groups in total. The van der Waals surface area contributed by atoms with Gasteiger partial charge >= 0.3 is 0 Å². The summed E-state index contributed by atoms with van der Waals surface area (Å²) in [6.07, 6.45) is 6.72. The summed E-state index contributed by atoms with van der Waals surface area (Å²) in [6.45, 7) is 1.31. The Morgan fingerprint density at radius 3 is 2.12 bits per heavy atom. The lowest BCUT2D eigenvalue weighted by Gasteiger charge is -2.06. The number of aryl methyl sites for hydroxylation is 1. The molecule has 0 aromatic heterocycles. The van der Waals surface area contributed by atoms with Crippen LogP contribution in [0.2, 0.25) is 0 Å². The molecule has 0 aliphatic carbocycles. The van der Waals surface area contributed by atoms with Crippen LogP contribution in [-0.4, -0.2) is 20.6 Å². The highest BCUT2D eigenvalue weighted by Gasteiger charge is 1.95. The molecule has 0 fully saturated rings. The highest BCUT2D eigenvalue weighted by Crippen LogP contribution is 2.06. The zero-order chi connectivity index (χ0) is 10.9. The van der Waals surface area contributed by atoms with Gasteiger partial charge in [0.15, 0.2) is 0 Å². The predicted molar refractivity (Wildman–Crippen MR) is 66.3 cm³/mol. The number of quaternary nitrogens is 1. The Bertz CT molecular complexity index is 246. The summed E-state index contributed by atoms with van der Waals surface area (Å²) in [4.78, 5) is 1.57. The van der Waals surface area contributed by atoms with Gasteiger partial charge in [0.25, 0.3) is 0 Å². The third kappa shape index (κ3) is 7.89. The van der Waals surface area contributed by atoms with E-state index in [2.05, 4.69) is 44.4 Å².